The van der Waals surface area contributed by atoms with Gasteiger partial charge in [0.25, 0.3) is 0 Å². The van der Waals surface area contributed by atoms with Crippen molar-refractivity contribution in [3.05, 3.63) is 197 Å². The van der Waals surface area contributed by atoms with E-state index in [4.69, 9.17) is 6.57 Å². The normalized spacial score (nSPS) is 12.7. The summed E-state index contributed by atoms with van der Waals surface area (Å²) in [5.74, 6) is 0. The molecule has 0 amide bonds. The Labute approximate surface area is 383 Å². The van der Waals surface area contributed by atoms with Gasteiger partial charge in [-0.2, -0.15) is 52.7 Å². The van der Waals surface area contributed by atoms with Crippen molar-refractivity contribution in [2.45, 2.75) is 31.6 Å². The van der Waals surface area contributed by atoms with Gasteiger partial charge in [-0.3, -0.25) is 0 Å². The third-order valence-electron chi connectivity index (χ3n) is 12.2. The summed E-state index contributed by atoms with van der Waals surface area (Å²) in [6.45, 7) is 9.89. The molecule has 0 unspecified atom stereocenters. The van der Waals surface area contributed by atoms with Crippen molar-refractivity contribution in [2.24, 2.45) is 0 Å². The van der Waals surface area contributed by atoms with Crippen LogP contribution < -0.4 is 0 Å². The molecule has 10 aromatic rings. The fraction of sp³-hybridized carbons (Fsp3) is 0.0926. The summed E-state index contributed by atoms with van der Waals surface area (Å²) < 4.78 is 174. The number of nitrogens with zero attached hydrogens (tertiary/aromatic N) is 3. The van der Waals surface area contributed by atoms with Crippen molar-refractivity contribution in [1.82, 2.24) is 9.13 Å². The first-order valence-electron chi connectivity index (χ1n) is 20.9. The van der Waals surface area contributed by atoms with Gasteiger partial charge in [0.2, 0.25) is 0 Å². The molecule has 0 atom stereocenters. The van der Waals surface area contributed by atoms with E-state index in [1.165, 1.54) is 48.5 Å². The number of halogens is 12. The van der Waals surface area contributed by atoms with Crippen LogP contribution in [0.1, 0.15) is 27.8 Å². The first kappa shape index (κ1) is 44.8. The minimum absolute atomic E-state index is 0.0135. The van der Waals surface area contributed by atoms with E-state index >= 15 is 0 Å². The first-order chi connectivity index (χ1) is 32.6. The molecule has 0 fully saturated rings. The van der Waals surface area contributed by atoms with Gasteiger partial charge in [0.15, 0.2) is 5.69 Å². The SMILES string of the molecule is [C-]#[N+]c1cc(-n2c3ccccc3c3cc(-c4cc(C)cc(C(F)(F)F)c4)ccc32)c(-n2c3ccccc3c3cc(-c4cc(C(F)(F)F)cc(C(F)(F)F)c4)ccc32)cc1-c1ccccc1C(F)(F)F. The second-order valence-electron chi connectivity index (χ2n) is 16.6. The van der Waals surface area contributed by atoms with E-state index in [2.05, 4.69) is 4.85 Å². The van der Waals surface area contributed by atoms with Crippen LogP contribution in [-0.4, -0.2) is 9.13 Å². The van der Waals surface area contributed by atoms with Gasteiger partial charge in [-0.15, -0.1) is 0 Å². The van der Waals surface area contributed by atoms with Crippen LogP contribution >= 0.6 is 0 Å². The van der Waals surface area contributed by atoms with Crippen molar-refractivity contribution in [1.29, 1.82) is 0 Å². The topological polar surface area (TPSA) is 14.2 Å². The van der Waals surface area contributed by atoms with Crippen LogP contribution in [0.5, 0.6) is 0 Å². The molecule has 0 aliphatic rings. The minimum atomic E-state index is -5.11. The molecule has 8 aromatic carbocycles. The van der Waals surface area contributed by atoms with Crippen molar-refractivity contribution in [3.63, 3.8) is 0 Å². The summed E-state index contributed by atoms with van der Waals surface area (Å²) in [6.07, 6.45) is -19.7. The van der Waals surface area contributed by atoms with Crippen LogP contribution in [0.25, 0.3) is 93.2 Å². The highest BCUT2D eigenvalue weighted by Gasteiger charge is 2.38. The van der Waals surface area contributed by atoms with E-state index in [1.54, 1.807) is 88.9 Å². The lowest BCUT2D eigenvalue weighted by Crippen LogP contribution is -2.11. The van der Waals surface area contributed by atoms with Crippen molar-refractivity contribution >= 4 is 49.3 Å². The highest BCUT2D eigenvalue weighted by molar-refractivity contribution is 6.13. The zero-order valence-electron chi connectivity index (χ0n) is 35.4. The lowest BCUT2D eigenvalue weighted by atomic mass is 9.96. The Morgan fingerprint density at radius 2 is 0.812 bits per heavy atom. The monoisotopic (exact) mass is 947 g/mol. The maximum absolute atomic E-state index is 14.8. The molecule has 15 heteroatoms. The number of hydrogen-bond donors (Lipinski definition) is 0. The molecular weight excluding hydrogens is 919 g/mol. The van der Waals surface area contributed by atoms with Crippen molar-refractivity contribution in [2.75, 3.05) is 0 Å². The average Bonchev–Trinajstić information content (AvgIpc) is 3.81. The van der Waals surface area contributed by atoms with Crippen LogP contribution in [0.15, 0.2) is 158 Å². The Morgan fingerprint density at radius 1 is 0.377 bits per heavy atom. The Hall–Kier alpha value is -7.99. The maximum Gasteiger partial charge on any atom is 0.416 e. The molecule has 2 aromatic heterocycles. The summed E-state index contributed by atoms with van der Waals surface area (Å²) in [5, 5.41) is 2.09. The molecule has 0 aliphatic carbocycles. The first-order valence-corrected chi connectivity index (χ1v) is 20.9. The van der Waals surface area contributed by atoms with Crippen LogP contribution in [0.3, 0.4) is 0 Å². The van der Waals surface area contributed by atoms with E-state index in [0.717, 1.165) is 18.2 Å². The Morgan fingerprint density at radius 3 is 1.30 bits per heavy atom. The van der Waals surface area contributed by atoms with Gasteiger partial charge in [-0.25, -0.2) is 4.85 Å². The van der Waals surface area contributed by atoms with Gasteiger partial charge in [0, 0.05) is 21.5 Å². The molecule has 3 nitrogen and oxygen atoms in total. The number of alkyl halides is 12. The van der Waals surface area contributed by atoms with E-state index in [0.29, 0.717) is 72.4 Å². The lowest BCUT2D eigenvalue weighted by Gasteiger charge is -2.21. The molecule has 10 rings (SSSR count). The number of rotatable bonds is 5. The molecule has 0 radical (unpaired) electrons. The molecule has 0 saturated carbocycles. The summed E-state index contributed by atoms with van der Waals surface area (Å²) in [6, 6.07) is 36.0. The van der Waals surface area contributed by atoms with Gasteiger partial charge in [-0.1, -0.05) is 72.8 Å². The van der Waals surface area contributed by atoms with E-state index < -0.39 is 47.0 Å². The zero-order valence-corrected chi connectivity index (χ0v) is 35.4. The zero-order chi connectivity index (χ0) is 48.9. The fourth-order valence-electron chi connectivity index (χ4n) is 9.26. The number of fused-ring (bicyclic) bond motifs is 6. The molecule has 69 heavy (non-hydrogen) atoms. The standard InChI is InChI=1S/C54H29F12N3/c1-29-19-32(21-34(20-29)51(55,56)57)30-15-17-48-41(24-30)39-11-5-8-14-46(39)69(48)50-28-44(67-2)40(37-9-3-6-12-43(37)54(64,65)66)27-49(50)68-45-13-7-4-10-38(45)42-25-31(16-18-47(42)68)33-22-35(52(58,59)60)26-36(23-33)53(61,62)63/h3-28H,1H3. The van der Waals surface area contributed by atoms with Gasteiger partial charge in [0.05, 0.1) is 62.3 Å². The minimum Gasteiger partial charge on any atom is -0.308 e. The third-order valence-corrected chi connectivity index (χ3v) is 12.2. The summed E-state index contributed by atoms with van der Waals surface area (Å²) in [5.41, 5.74) is -2.26. The maximum atomic E-state index is 14.8. The fourth-order valence-corrected chi connectivity index (χ4v) is 9.26. The predicted octanol–water partition coefficient (Wildman–Crippen LogP) is 17.8. The van der Waals surface area contributed by atoms with Crippen LogP contribution in [0.4, 0.5) is 58.4 Å². The Bertz CT molecular complexity index is 3730. The largest absolute Gasteiger partial charge is 0.416 e. The second-order valence-corrected chi connectivity index (χ2v) is 16.6. The van der Waals surface area contributed by atoms with Crippen LogP contribution in [-0.2, 0) is 24.7 Å². The number of aromatic nitrogens is 2. The number of aryl methyl sites for hydroxylation is 1. The highest BCUT2D eigenvalue weighted by atomic mass is 19.4. The Kier molecular flexibility index (Phi) is 10.3. The van der Waals surface area contributed by atoms with Crippen LogP contribution in [0, 0.1) is 13.5 Å². The second kappa shape index (κ2) is 15.8. The van der Waals surface area contributed by atoms with E-state index in [-0.39, 0.29) is 45.4 Å². The molecule has 0 spiro atoms. The molecule has 0 bridgehead atoms. The molecular formula is C54H29F12N3. The van der Waals surface area contributed by atoms with Gasteiger partial charge in [-0.05, 0) is 131 Å². The van der Waals surface area contributed by atoms with Gasteiger partial charge in [0.1, 0.15) is 0 Å². The smallest absolute Gasteiger partial charge is 0.308 e. The summed E-state index contributed by atoms with van der Waals surface area (Å²) >= 11 is 0. The lowest BCUT2D eigenvalue weighted by molar-refractivity contribution is -0.143. The van der Waals surface area contributed by atoms with Gasteiger partial charge < -0.3 is 9.13 Å². The van der Waals surface area contributed by atoms with E-state index in [1.807, 2.05) is 0 Å². The highest BCUT2D eigenvalue weighted by Crippen LogP contribution is 2.48. The van der Waals surface area contributed by atoms with Crippen molar-refractivity contribution in [3.8, 4) is 44.8 Å². The molecule has 2 heterocycles. The molecule has 0 aliphatic heterocycles. The van der Waals surface area contributed by atoms with Gasteiger partial charge >= 0.3 is 24.7 Å². The third kappa shape index (κ3) is 7.79. The number of para-hydroxylation sites is 2. The number of hydrogen-bond acceptors (Lipinski definition) is 0. The predicted molar refractivity (Wildman–Crippen MR) is 242 cm³/mol. The quantitative estimate of drug-likeness (QED) is 0.121. The molecule has 0 saturated heterocycles. The number of benzene rings is 8. The summed E-state index contributed by atoms with van der Waals surface area (Å²) in [4.78, 5) is 3.74. The summed E-state index contributed by atoms with van der Waals surface area (Å²) in [7, 11) is 0. The Balaban J connectivity index is 1.29. The average molecular weight is 948 g/mol. The van der Waals surface area contributed by atoms with Crippen molar-refractivity contribution < 1.29 is 52.7 Å². The molecule has 344 valence electrons. The van der Waals surface area contributed by atoms with Crippen LogP contribution in [0.2, 0.25) is 0 Å². The van der Waals surface area contributed by atoms with E-state index in [9.17, 15) is 52.7 Å². The molecule has 0 N–H and O–H groups in total.